The number of aromatic nitrogens is 2. The lowest BCUT2D eigenvalue weighted by atomic mass is 10.1. The van der Waals surface area contributed by atoms with E-state index in [0.29, 0.717) is 16.4 Å². The number of piperidine rings is 1. The maximum absolute atomic E-state index is 12.4. The average Bonchev–Trinajstić information content (AvgIpc) is 2.83. The Bertz CT molecular complexity index is 717. The van der Waals surface area contributed by atoms with Crippen LogP contribution in [0.15, 0.2) is 24.3 Å². The van der Waals surface area contributed by atoms with Crippen LogP contribution in [0.4, 0.5) is 5.69 Å². The number of nitrogens with one attached hydrogen (secondary N) is 1. The van der Waals surface area contributed by atoms with Crippen LogP contribution in [0.1, 0.15) is 41.0 Å². The van der Waals surface area contributed by atoms with Crippen molar-refractivity contribution in [3.63, 3.8) is 0 Å². The minimum Gasteiger partial charge on any atom is -0.321 e. The van der Waals surface area contributed by atoms with Gasteiger partial charge in [0, 0.05) is 19.3 Å². The van der Waals surface area contributed by atoms with Crippen LogP contribution in [0.2, 0.25) is 5.02 Å². The molecule has 1 aliphatic heterocycles. The molecule has 2 heterocycles. The molecule has 24 heavy (non-hydrogen) atoms. The fourth-order valence-electron chi connectivity index (χ4n) is 3.14. The summed E-state index contributed by atoms with van der Waals surface area (Å²) in [6.45, 7) is 5.11. The highest BCUT2D eigenvalue weighted by Crippen LogP contribution is 2.21. The number of likely N-dealkylation sites (tertiary alicyclic amines) is 1. The number of hydrogen-bond acceptors (Lipinski definition) is 3. The van der Waals surface area contributed by atoms with Crippen LogP contribution >= 0.6 is 11.6 Å². The lowest BCUT2D eigenvalue weighted by molar-refractivity contribution is 0.101. The van der Waals surface area contributed by atoms with Crippen molar-refractivity contribution in [1.82, 2.24) is 14.7 Å². The third-order valence-corrected chi connectivity index (χ3v) is 4.88. The zero-order valence-electron chi connectivity index (χ0n) is 14.2. The molecule has 0 unspecified atom stereocenters. The van der Waals surface area contributed by atoms with Crippen LogP contribution in [-0.4, -0.2) is 33.7 Å². The van der Waals surface area contributed by atoms with E-state index in [0.717, 1.165) is 12.2 Å². The quantitative estimate of drug-likeness (QED) is 0.919. The van der Waals surface area contributed by atoms with Gasteiger partial charge in [-0.1, -0.05) is 30.2 Å². The molecule has 0 spiro atoms. The number of aryl methyl sites for hydroxylation is 2. The number of nitrogens with zero attached hydrogens (tertiary/aromatic N) is 3. The largest absolute Gasteiger partial charge is 0.321 e. The molecule has 0 radical (unpaired) electrons. The maximum atomic E-state index is 12.4. The van der Waals surface area contributed by atoms with E-state index in [9.17, 15) is 4.79 Å². The third-order valence-electron chi connectivity index (χ3n) is 4.43. The van der Waals surface area contributed by atoms with Crippen LogP contribution in [0, 0.1) is 6.92 Å². The summed E-state index contributed by atoms with van der Waals surface area (Å²) in [6, 6.07) is 8.02. The third kappa shape index (κ3) is 3.79. The van der Waals surface area contributed by atoms with Gasteiger partial charge in [0.25, 0.3) is 5.91 Å². The Morgan fingerprint density at radius 2 is 1.88 bits per heavy atom. The number of anilines is 1. The van der Waals surface area contributed by atoms with Crippen molar-refractivity contribution in [2.24, 2.45) is 7.05 Å². The summed E-state index contributed by atoms with van der Waals surface area (Å²) >= 11 is 6.16. The number of rotatable bonds is 4. The summed E-state index contributed by atoms with van der Waals surface area (Å²) in [5.41, 5.74) is 3.06. The molecular formula is C18H23ClN4O. The van der Waals surface area contributed by atoms with Gasteiger partial charge in [-0.2, -0.15) is 5.10 Å². The zero-order valence-corrected chi connectivity index (χ0v) is 14.9. The van der Waals surface area contributed by atoms with Gasteiger partial charge in [-0.25, -0.2) is 0 Å². The van der Waals surface area contributed by atoms with E-state index in [-0.39, 0.29) is 5.91 Å². The Morgan fingerprint density at radius 1 is 1.21 bits per heavy atom. The van der Waals surface area contributed by atoms with E-state index >= 15 is 0 Å². The molecule has 1 aliphatic rings. The predicted molar refractivity (Wildman–Crippen MR) is 96.5 cm³/mol. The number of carbonyl (C=O) groups excluding carboxylic acids is 1. The van der Waals surface area contributed by atoms with E-state index in [2.05, 4.69) is 27.4 Å². The Balaban J connectivity index is 1.64. The van der Waals surface area contributed by atoms with Gasteiger partial charge in [-0.15, -0.1) is 0 Å². The molecule has 1 aromatic carbocycles. The zero-order chi connectivity index (χ0) is 17.1. The van der Waals surface area contributed by atoms with Crippen molar-refractivity contribution in [1.29, 1.82) is 0 Å². The summed E-state index contributed by atoms with van der Waals surface area (Å²) < 4.78 is 1.51. The van der Waals surface area contributed by atoms with Crippen LogP contribution < -0.4 is 5.32 Å². The maximum Gasteiger partial charge on any atom is 0.275 e. The average molecular weight is 347 g/mol. The highest BCUT2D eigenvalue weighted by molar-refractivity contribution is 6.34. The van der Waals surface area contributed by atoms with Gasteiger partial charge in [-0.05, 0) is 50.6 Å². The van der Waals surface area contributed by atoms with E-state index in [1.165, 1.54) is 42.6 Å². The first-order valence-corrected chi connectivity index (χ1v) is 8.74. The highest BCUT2D eigenvalue weighted by atomic mass is 35.5. The van der Waals surface area contributed by atoms with Gasteiger partial charge in [0.15, 0.2) is 0 Å². The molecule has 0 bridgehead atoms. The summed E-state index contributed by atoms with van der Waals surface area (Å²) in [6.07, 6.45) is 3.93. The molecular weight excluding hydrogens is 324 g/mol. The number of hydrogen-bond donors (Lipinski definition) is 1. The molecule has 1 N–H and O–H groups in total. The number of amides is 1. The molecule has 0 saturated carbocycles. The van der Waals surface area contributed by atoms with Crippen LogP contribution in [0.3, 0.4) is 0 Å². The van der Waals surface area contributed by atoms with E-state index in [1.807, 2.05) is 12.1 Å². The molecule has 1 fully saturated rings. The molecule has 6 heteroatoms. The van der Waals surface area contributed by atoms with Crippen molar-refractivity contribution in [3.8, 4) is 0 Å². The van der Waals surface area contributed by atoms with Crippen molar-refractivity contribution in [2.75, 3.05) is 18.4 Å². The standard InChI is InChI=1S/C18H23ClN4O/c1-13-16(19)17(22(2)21-13)18(24)20-15-8-6-14(7-9-15)12-23-10-4-3-5-11-23/h6-9H,3-5,10-12H2,1-2H3,(H,20,24). The van der Waals surface area contributed by atoms with Crippen LogP contribution in [0.5, 0.6) is 0 Å². The first-order chi connectivity index (χ1) is 11.5. The number of halogens is 1. The number of benzene rings is 1. The van der Waals surface area contributed by atoms with Gasteiger partial charge < -0.3 is 5.32 Å². The molecule has 0 atom stereocenters. The molecule has 5 nitrogen and oxygen atoms in total. The van der Waals surface area contributed by atoms with Crippen molar-refractivity contribution < 1.29 is 4.79 Å². The molecule has 3 rings (SSSR count). The lowest BCUT2D eigenvalue weighted by Crippen LogP contribution is -2.29. The summed E-state index contributed by atoms with van der Waals surface area (Å²) in [7, 11) is 1.72. The monoisotopic (exact) mass is 346 g/mol. The lowest BCUT2D eigenvalue weighted by Gasteiger charge is -2.26. The Morgan fingerprint density at radius 3 is 2.46 bits per heavy atom. The van der Waals surface area contributed by atoms with Gasteiger partial charge >= 0.3 is 0 Å². The summed E-state index contributed by atoms with van der Waals surface area (Å²) in [5, 5.41) is 7.46. The van der Waals surface area contributed by atoms with E-state index in [4.69, 9.17) is 11.6 Å². The second kappa shape index (κ2) is 7.36. The molecule has 1 saturated heterocycles. The van der Waals surface area contributed by atoms with Crippen LogP contribution in [0.25, 0.3) is 0 Å². The second-order valence-corrected chi connectivity index (χ2v) is 6.74. The van der Waals surface area contributed by atoms with Crippen molar-refractivity contribution >= 4 is 23.2 Å². The normalized spacial score (nSPS) is 15.5. The van der Waals surface area contributed by atoms with Gasteiger partial charge in [0.05, 0.1) is 10.7 Å². The smallest absolute Gasteiger partial charge is 0.275 e. The summed E-state index contributed by atoms with van der Waals surface area (Å²) in [5.74, 6) is -0.244. The minimum absolute atomic E-state index is 0.244. The molecule has 128 valence electrons. The highest BCUT2D eigenvalue weighted by Gasteiger charge is 2.18. The predicted octanol–water partition coefficient (Wildman–Crippen LogP) is 3.62. The second-order valence-electron chi connectivity index (χ2n) is 6.36. The van der Waals surface area contributed by atoms with E-state index in [1.54, 1.807) is 14.0 Å². The topological polar surface area (TPSA) is 50.2 Å². The molecule has 0 aliphatic carbocycles. The Kier molecular flexibility index (Phi) is 5.21. The first kappa shape index (κ1) is 17.0. The molecule has 2 aromatic rings. The van der Waals surface area contributed by atoms with Crippen molar-refractivity contribution in [2.45, 2.75) is 32.7 Å². The Labute approximate surface area is 147 Å². The minimum atomic E-state index is -0.244. The van der Waals surface area contributed by atoms with Gasteiger partial charge in [0.2, 0.25) is 0 Å². The molecule has 1 aromatic heterocycles. The van der Waals surface area contributed by atoms with Gasteiger partial charge in [0.1, 0.15) is 5.69 Å². The van der Waals surface area contributed by atoms with Crippen LogP contribution in [-0.2, 0) is 13.6 Å². The first-order valence-electron chi connectivity index (χ1n) is 8.36. The van der Waals surface area contributed by atoms with Gasteiger partial charge in [-0.3, -0.25) is 14.4 Å². The van der Waals surface area contributed by atoms with Crippen molar-refractivity contribution in [3.05, 3.63) is 46.2 Å². The fourth-order valence-corrected chi connectivity index (χ4v) is 3.38. The Hall–Kier alpha value is -1.85. The SMILES string of the molecule is Cc1nn(C)c(C(=O)Nc2ccc(CN3CCCCC3)cc2)c1Cl. The fraction of sp³-hybridized carbons (Fsp3) is 0.444. The number of carbonyl (C=O) groups is 1. The van der Waals surface area contributed by atoms with E-state index < -0.39 is 0 Å². The molecule has 1 amide bonds. The summed E-state index contributed by atoms with van der Waals surface area (Å²) in [4.78, 5) is 14.9.